The second-order valence-corrected chi connectivity index (χ2v) is 10.7. The molecule has 0 spiro atoms. The zero-order valence-electron chi connectivity index (χ0n) is 24.3. The number of pyridine rings is 1. The minimum Gasteiger partial charge on any atom is -0.368 e. The number of anilines is 1. The Morgan fingerprint density at radius 2 is 1.80 bits per heavy atom. The number of H-pyrrole nitrogens is 1. The molecule has 40 heavy (non-hydrogen) atoms. The minimum absolute atomic E-state index is 0.0271. The van der Waals surface area contributed by atoms with E-state index in [9.17, 15) is 14.4 Å². The van der Waals surface area contributed by atoms with Gasteiger partial charge in [-0.15, -0.1) is 0 Å². The Balaban J connectivity index is 1.70. The third-order valence-corrected chi connectivity index (χ3v) is 7.94. The lowest BCUT2D eigenvalue weighted by Crippen LogP contribution is -2.46. The van der Waals surface area contributed by atoms with Crippen LogP contribution in [0, 0.1) is 27.7 Å². The van der Waals surface area contributed by atoms with Crippen LogP contribution < -0.4 is 15.8 Å². The number of hydrogen-bond acceptors (Lipinski definition) is 4. The van der Waals surface area contributed by atoms with E-state index in [-0.39, 0.29) is 30.0 Å². The lowest BCUT2D eigenvalue weighted by molar-refractivity contribution is -0.127. The van der Waals surface area contributed by atoms with Gasteiger partial charge in [-0.05, 0) is 94.0 Å². The van der Waals surface area contributed by atoms with E-state index in [1.54, 1.807) is 0 Å². The number of nitrogens with zero attached hydrogens (tertiary/aromatic N) is 2. The first-order valence-corrected chi connectivity index (χ1v) is 14.0. The van der Waals surface area contributed by atoms with Crippen molar-refractivity contribution in [2.45, 2.75) is 60.0 Å². The summed E-state index contributed by atoms with van der Waals surface area (Å²) in [6.07, 6.45) is 3.07. The van der Waals surface area contributed by atoms with Gasteiger partial charge in [0.2, 0.25) is 5.91 Å². The van der Waals surface area contributed by atoms with Crippen molar-refractivity contribution < 1.29 is 9.59 Å². The number of aromatic amines is 1. The van der Waals surface area contributed by atoms with Gasteiger partial charge in [-0.1, -0.05) is 36.4 Å². The van der Waals surface area contributed by atoms with Gasteiger partial charge in [-0.2, -0.15) is 0 Å². The second-order valence-electron chi connectivity index (χ2n) is 10.7. The highest BCUT2D eigenvalue weighted by Gasteiger charge is 2.28. The summed E-state index contributed by atoms with van der Waals surface area (Å²) in [7, 11) is 0. The van der Waals surface area contributed by atoms with E-state index in [0.29, 0.717) is 24.2 Å². The number of rotatable bonds is 8. The smallest absolute Gasteiger partial charge is 0.253 e. The molecule has 1 aliphatic heterocycles. The Morgan fingerprint density at radius 3 is 2.42 bits per heavy atom. The average molecular weight is 541 g/mol. The Kier molecular flexibility index (Phi) is 8.93. The third-order valence-electron chi connectivity index (χ3n) is 7.94. The van der Waals surface area contributed by atoms with Crippen molar-refractivity contribution in [3.05, 3.63) is 99.0 Å². The quantitative estimate of drug-likeness (QED) is 0.384. The molecule has 2 N–H and O–H groups in total. The first kappa shape index (κ1) is 28.9. The molecule has 210 valence electrons. The molecule has 7 heteroatoms. The molecule has 2 aromatic carbocycles. The van der Waals surface area contributed by atoms with E-state index in [1.807, 2.05) is 43.9 Å². The van der Waals surface area contributed by atoms with Crippen molar-refractivity contribution in [2.75, 3.05) is 24.5 Å². The fourth-order valence-electron chi connectivity index (χ4n) is 5.74. The van der Waals surface area contributed by atoms with Gasteiger partial charge in [0.15, 0.2) is 0 Å². The molecule has 7 nitrogen and oxygen atoms in total. The number of carbonyl (C=O) groups excluding carboxylic acids is 2. The van der Waals surface area contributed by atoms with Crippen LogP contribution >= 0.6 is 0 Å². The maximum absolute atomic E-state index is 13.7. The van der Waals surface area contributed by atoms with Gasteiger partial charge >= 0.3 is 0 Å². The third kappa shape index (κ3) is 6.19. The molecule has 0 radical (unpaired) electrons. The highest BCUT2D eigenvalue weighted by molar-refractivity contribution is 5.99. The topological polar surface area (TPSA) is 85.5 Å². The van der Waals surface area contributed by atoms with Crippen molar-refractivity contribution in [2.24, 2.45) is 0 Å². The SMILES string of the molecule is C=CC(=O)N1CCC(N(CC)c2cc(-c3cccc(C)c3)cc(C(=O)NCc3c(C)cc(C)[nH]c3=O)c2C)CC1. The van der Waals surface area contributed by atoms with Gasteiger partial charge in [-0.3, -0.25) is 14.4 Å². The van der Waals surface area contributed by atoms with Crippen LogP contribution in [0.2, 0.25) is 0 Å². The van der Waals surface area contributed by atoms with Crippen LogP contribution in [-0.2, 0) is 11.3 Å². The summed E-state index contributed by atoms with van der Waals surface area (Å²) < 4.78 is 0. The number of amides is 2. The van der Waals surface area contributed by atoms with E-state index >= 15 is 0 Å². The molecular weight excluding hydrogens is 500 g/mol. The van der Waals surface area contributed by atoms with E-state index in [4.69, 9.17) is 0 Å². The van der Waals surface area contributed by atoms with Crippen molar-refractivity contribution in [1.29, 1.82) is 0 Å². The minimum atomic E-state index is -0.213. The molecule has 0 aliphatic carbocycles. The summed E-state index contributed by atoms with van der Waals surface area (Å²) in [4.78, 5) is 45.4. The molecule has 1 fully saturated rings. The molecule has 4 rings (SSSR count). The molecule has 0 unspecified atom stereocenters. The van der Waals surface area contributed by atoms with Crippen LogP contribution in [0.3, 0.4) is 0 Å². The van der Waals surface area contributed by atoms with Gasteiger partial charge in [0.1, 0.15) is 0 Å². The van der Waals surface area contributed by atoms with Crippen molar-refractivity contribution >= 4 is 17.5 Å². The lowest BCUT2D eigenvalue weighted by Gasteiger charge is -2.40. The van der Waals surface area contributed by atoms with Crippen LogP contribution in [0.25, 0.3) is 11.1 Å². The number of nitrogens with one attached hydrogen (secondary N) is 2. The Labute approximate surface area is 236 Å². The Hall–Kier alpha value is -4.13. The lowest BCUT2D eigenvalue weighted by atomic mass is 9.94. The van der Waals surface area contributed by atoms with Crippen LogP contribution in [0.1, 0.15) is 58.1 Å². The molecule has 1 aliphatic rings. The Bertz CT molecular complexity index is 1480. The summed E-state index contributed by atoms with van der Waals surface area (Å²) in [6.45, 7) is 15.8. The maximum Gasteiger partial charge on any atom is 0.253 e. The highest BCUT2D eigenvalue weighted by Crippen LogP contribution is 2.34. The molecule has 1 saturated heterocycles. The number of hydrogen-bond donors (Lipinski definition) is 2. The monoisotopic (exact) mass is 540 g/mol. The fraction of sp³-hybridized carbons (Fsp3) is 0.364. The molecule has 2 heterocycles. The highest BCUT2D eigenvalue weighted by atomic mass is 16.2. The van der Waals surface area contributed by atoms with Gasteiger partial charge in [-0.25, -0.2) is 0 Å². The Morgan fingerprint density at radius 1 is 1.07 bits per heavy atom. The second kappa shape index (κ2) is 12.4. The van der Waals surface area contributed by atoms with Crippen LogP contribution in [0.15, 0.2) is 59.9 Å². The van der Waals surface area contributed by atoms with Crippen LogP contribution in [0.5, 0.6) is 0 Å². The molecule has 0 saturated carbocycles. The van der Waals surface area contributed by atoms with E-state index in [0.717, 1.165) is 58.6 Å². The standard InChI is InChI=1S/C33H40N4O3/c1-7-31(38)36-14-12-27(13-15-36)37(8-2)30-19-26(25-11-9-10-21(3)16-25)18-28(24(30)6)32(39)34-20-29-22(4)17-23(5)35-33(29)40/h7,9-11,16-19,27H,1,8,12-15,20H2,2-6H3,(H,34,39)(H,35,40). The first-order valence-electron chi connectivity index (χ1n) is 14.0. The molecule has 3 aromatic rings. The number of aromatic nitrogens is 1. The molecule has 0 atom stereocenters. The number of carbonyl (C=O) groups is 2. The van der Waals surface area contributed by atoms with Crippen molar-refractivity contribution in [3.63, 3.8) is 0 Å². The van der Waals surface area contributed by atoms with Crippen molar-refractivity contribution in [3.8, 4) is 11.1 Å². The predicted octanol–water partition coefficient (Wildman–Crippen LogP) is 5.21. The van der Waals surface area contributed by atoms with Crippen LogP contribution in [0.4, 0.5) is 5.69 Å². The fourth-order valence-corrected chi connectivity index (χ4v) is 5.74. The van der Waals surface area contributed by atoms with E-state index in [1.165, 1.54) is 6.08 Å². The van der Waals surface area contributed by atoms with Gasteiger partial charge in [0, 0.05) is 54.7 Å². The zero-order valence-corrected chi connectivity index (χ0v) is 24.3. The molecule has 0 bridgehead atoms. The maximum atomic E-state index is 13.7. The summed E-state index contributed by atoms with van der Waals surface area (Å²) in [5, 5.41) is 3.00. The summed E-state index contributed by atoms with van der Waals surface area (Å²) in [5.41, 5.74) is 7.69. The number of aryl methyl sites for hydroxylation is 3. The van der Waals surface area contributed by atoms with Gasteiger partial charge in [0.05, 0.1) is 0 Å². The van der Waals surface area contributed by atoms with E-state index in [2.05, 4.69) is 59.9 Å². The zero-order chi connectivity index (χ0) is 29.0. The number of piperidine rings is 1. The molecular formula is C33H40N4O3. The largest absolute Gasteiger partial charge is 0.368 e. The van der Waals surface area contributed by atoms with Gasteiger partial charge in [0.25, 0.3) is 11.5 Å². The number of likely N-dealkylation sites (tertiary alicyclic amines) is 1. The summed E-state index contributed by atoms with van der Waals surface area (Å²) in [6, 6.07) is 14.6. The molecule has 1 aromatic heterocycles. The summed E-state index contributed by atoms with van der Waals surface area (Å²) in [5.74, 6) is -0.240. The van der Waals surface area contributed by atoms with Crippen LogP contribution in [-0.4, -0.2) is 47.4 Å². The normalized spacial score (nSPS) is 13.7. The number of benzene rings is 2. The van der Waals surface area contributed by atoms with E-state index < -0.39 is 0 Å². The summed E-state index contributed by atoms with van der Waals surface area (Å²) >= 11 is 0. The van der Waals surface area contributed by atoms with Gasteiger partial charge < -0.3 is 20.1 Å². The predicted molar refractivity (Wildman–Crippen MR) is 162 cm³/mol. The average Bonchev–Trinajstić information content (AvgIpc) is 2.93. The first-order chi connectivity index (χ1) is 19.1. The molecule has 2 amide bonds. The van der Waals surface area contributed by atoms with Crippen molar-refractivity contribution in [1.82, 2.24) is 15.2 Å².